The van der Waals surface area contributed by atoms with Crippen LogP contribution in [0.4, 0.5) is 0 Å². The molecule has 0 amide bonds. The van der Waals surface area contributed by atoms with E-state index >= 15 is 0 Å². The fourth-order valence-corrected chi connectivity index (χ4v) is 2.48. The van der Waals surface area contributed by atoms with E-state index in [-0.39, 0.29) is 0 Å². The van der Waals surface area contributed by atoms with Crippen molar-refractivity contribution in [2.24, 2.45) is 0 Å². The Kier molecular flexibility index (Phi) is 3.85. The van der Waals surface area contributed by atoms with Crippen LogP contribution in [0.15, 0.2) is 46.3 Å². The van der Waals surface area contributed by atoms with E-state index in [1.54, 1.807) is 19.2 Å². The molecule has 0 N–H and O–H groups in total. The van der Waals surface area contributed by atoms with Gasteiger partial charge in [-0.25, -0.2) is 4.98 Å². The molecule has 1 aromatic carbocycles. The maximum Gasteiger partial charge on any atom is 0.119 e. The molecule has 0 spiro atoms. The summed E-state index contributed by atoms with van der Waals surface area (Å²) < 4.78 is 5.18. The molecule has 0 saturated heterocycles. The van der Waals surface area contributed by atoms with Crippen LogP contribution >= 0.6 is 11.8 Å². The van der Waals surface area contributed by atoms with Crippen LogP contribution in [0.2, 0.25) is 0 Å². The van der Waals surface area contributed by atoms with E-state index in [2.05, 4.69) is 11.1 Å². The maximum atomic E-state index is 8.93. The first-order chi connectivity index (χ1) is 8.71. The van der Waals surface area contributed by atoms with Crippen molar-refractivity contribution in [1.82, 2.24) is 4.98 Å². The van der Waals surface area contributed by atoms with Gasteiger partial charge < -0.3 is 4.74 Å². The van der Waals surface area contributed by atoms with Gasteiger partial charge in [0.05, 0.1) is 18.7 Å². The number of pyridine rings is 1. The Labute approximate surface area is 110 Å². The molecule has 3 nitrogen and oxygen atoms in total. The Morgan fingerprint density at radius 3 is 2.83 bits per heavy atom. The first-order valence-corrected chi connectivity index (χ1v) is 6.23. The first kappa shape index (κ1) is 12.5. The van der Waals surface area contributed by atoms with Gasteiger partial charge in [0.25, 0.3) is 0 Å². The van der Waals surface area contributed by atoms with Crippen molar-refractivity contribution in [1.29, 1.82) is 5.26 Å². The highest BCUT2D eigenvalue weighted by molar-refractivity contribution is 7.99. The van der Waals surface area contributed by atoms with Crippen LogP contribution in [0.3, 0.4) is 0 Å². The van der Waals surface area contributed by atoms with Crippen molar-refractivity contribution in [3.05, 3.63) is 47.7 Å². The SMILES string of the molecule is COc1cccc(Sc2cc(C#N)cc(C)n2)c1. The zero-order chi connectivity index (χ0) is 13.0. The number of benzene rings is 1. The summed E-state index contributed by atoms with van der Waals surface area (Å²) in [6.07, 6.45) is 0. The number of rotatable bonds is 3. The Morgan fingerprint density at radius 1 is 1.28 bits per heavy atom. The highest BCUT2D eigenvalue weighted by Crippen LogP contribution is 2.29. The highest BCUT2D eigenvalue weighted by Gasteiger charge is 2.03. The molecule has 2 rings (SSSR count). The molecule has 4 heteroatoms. The fraction of sp³-hybridized carbons (Fsp3) is 0.143. The summed E-state index contributed by atoms with van der Waals surface area (Å²) in [6.45, 7) is 1.89. The lowest BCUT2D eigenvalue weighted by atomic mass is 10.2. The molecule has 2 aromatic rings. The third-order valence-electron chi connectivity index (χ3n) is 2.32. The summed E-state index contributed by atoms with van der Waals surface area (Å²) in [5, 5.41) is 9.75. The molecule has 1 aromatic heterocycles. The van der Waals surface area contributed by atoms with Crippen molar-refractivity contribution in [3.63, 3.8) is 0 Å². The van der Waals surface area contributed by atoms with E-state index in [9.17, 15) is 0 Å². The van der Waals surface area contributed by atoms with E-state index in [1.807, 2.05) is 31.2 Å². The summed E-state index contributed by atoms with van der Waals surface area (Å²) in [4.78, 5) is 5.44. The van der Waals surface area contributed by atoms with Gasteiger partial charge in [0.2, 0.25) is 0 Å². The monoisotopic (exact) mass is 256 g/mol. The minimum absolute atomic E-state index is 0.632. The second-order valence-corrected chi connectivity index (χ2v) is 4.82. The second-order valence-electron chi connectivity index (χ2n) is 3.73. The Balaban J connectivity index is 2.28. The lowest BCUT2D eigenvalue weighted by Gasteiger charge is -2.05. The Hall–Kier alpha value is -1.99. The maximum absolute atomic E-state index is 8.93. The number of nitriles is 1. The quantitative estimate of drug-likeness (QED) is 0.844. The average molecular weight is 256 g/mol. The van der Waals surface area contributed by atoms with Crippen LogP contribution < -0.4 is 4.74 Å². The summed E-state index contributed by atoms with van der Waals surface area (Å²) in [5.74, 6) is 0.813. The number of methoxy groups -OCH3 is 1. The number of aryl methyl sites for hydroxylation is 1. The van der Waals surface area contributed by atoms with Crippen LogP contribution in [-0.4, -0.2) is 12.1 Å². The molecule has 18 heavy (non-hydrogen) atoms. The van der Waals surface area contributed by atoms with Gasteiger partial charge in [-0.1, -0.05) is 17.8 Å². The minimum atomic E-state index is 0.632. The number of hydrogen-bond acceptors (Lipinski definition) is 4. The summed E-state index contributed by atoms with van der Waals surface area (Å²) in [5.41, 5.74) is 1.48. The Bertz CT molecular complexity index is 605. The van der Waals surface area contributed by atoms with E-state index in [0.717, 1.165) is 21.4 Å². The molecule has 0 unspecified atom stereocenters. The van der Waals surface area contributed by atoms with Crippen molar-refractivity contribution in [2.75, 3.05) is 7.11 Å². The smallest absolute Gasteiger partial charge is 0.119 e. The molecule has 1 heterocycles. The van der Waals surface area contributed by atoms with Gasteiger partial charge >= 0.3 is 0 Å². The topological polar surface area (TPSA) is 45.9 Å². The molecular formula is C14H12N2OS. The van der Waals surface area contributed by atoms with E-state index in [4.69, 9.17) is 10.00 Å². The predicted molar refractivity (Wildman–Crippen MR) is 70.8 cm³/mol. The predicted octanol–water partition coefficient (Wildman–Crippen LogP) is 3.42. The second kappa shape index (κ2) is 5.56. The molecule has 0 fully saturated rings. The standard InChI is InChI=1S/C14H12N2OS/c1-10-6-11(9-15)7-14(16-10)18-13-5-3-4-12(8-13)17-2/h3-8H,1-2H3. The lowest BCUT2D eigenvalue weighted by molar-refractivity contribution is 0.413. The van der Waals surface area contributed by atoms with Crippen molar-refractivity contribution in [2.45, 2.75) is 16.8 Å². The molecule has 0 saturated carbocycles. The van der Waals surface area contributed by atoms with Gasteiger partial charge in [0.15, 0.2) is 0 Å². The average Bonchev–Trinajstić information content (AvgIpc) is 2.38. The number of nitrogens with zero attached hydrogens (tertiary/aromatic N) is 2. The van der Waals surface area contributed by atoms with Gasteiger partial charge in [-0.2, -0.15) is 5.26 Å². The van der Waals surface area contributed by atoms with E-state index in [1.165, 1.54) is 11.8 Å². The van der Waals surface area contributed by atoms with Gasteiger partial charge in [0, 0.05) is 10.6 Å². The molecule has 0 radical (unpaired) electrons. The minimum Gasteiger partial charge on any atom is -0.497 e. The number of aromatic nitrogens is 1. The highest BCUT2D eigenvalue weighted by atomic mass is 32.2. The number of ether oxygens (including phenoxy) is 1. The van der Waals surface area contributed by atoms with Gasteiger partial charge in [-0.15, -0.1) is 0 Å². The molecular weight excluding hydrogens is 244 g/mol. The summed E-state index contributed by atoms with van der Waals surface area (Å²) >= 11 is 1.52. The summed E-state index contributed by atoms with van der Waals surface area (Å²) in [6, 6.07) is 13.5. The third-order valence-corrected chi connectivity index (χ3v) is 3.23. The molecule has 0 aliphatic carbocycles. The van der Waals surface area contributed by atoms with E-state index < -0.39 is 0 Å². The van der Waals surface area contributed by atoms with E-state index in [0.29, 0.717) is 5.56 Å². The molecule has 0 aliphatic rings. The fourth-order valence-electron chi connectivity index (χ4n) is 1.54. The van der Waals surface area contributed by atoms with Gasteiger partial charge in [0.1, 0.15) is 10.8 Å². The molecule has 0 aliphatic heterocycles. The Morgan fingerprint density at radius 2 is 2.11 bits per heavy atom. The van der Waals surface area contributed by atoms with Crippen molar-refractivity contribution in [3.8, 4) is 11.8 Å². The van der Waals surface area contributed by atoms with Gasteiger partial charge in [-0.05, 0) is 37.3 Å². The van der Waals surface area contributed by atoms with Crippen LogP contribution in [0, 0.1) is 18.3 Å². The molecule has 0 atom stereocenters. The van der Waals surface area contributed by atoms with Crippen LogP contribution in [0.5, 0.6) is 5.75 Å². The number of hydrogen-bond donors (Lipinski definition) is 0. The largest absolute Gasteiger partial charge is 0.497 e. The first-order valence-electron chi connectivity index (χ1n) is 5.42. The van der Waals surface area contributed by atoms with Crippen LogP contribution in [0.25, 0.3) is 0 Å². The van der Waals surface area contributed by atoms with Crippen molar-refractivity contribution < 1.29 is 4.74 Å². The van der Waals surface area contributed by atoms with Crippen molar-refractivity contribution >= 4 is 11.8 Å². The normalized spacial score (nSPS) is 9.83. The third kappa shape index (κ3) is 3.02. The van der Waals surface area contributed by atoms with Crippen LogP contribution in [-0.2, 0) is 0 Å². The van der Waals surface area contributed by atoms with Crippen LogP contribution in [0.1, 0.15) is 11.3 Å². The zero-order valence-electron chi connectivity index (χ0n) is 10.2. The summed E-state index contributed by atoms with van der Waals surface area (Å²) in [7, 11) is 1.64. The van der Waals surface area contributed by atoms with Gasteiger partial charge in [-0.3, -0.25) is 0 Å². The zero-order valence-corrected chi connectivity index (χ0v) is 11.0. The molecule has 0 bridgehead atoms. The molecule has 90 valence electrons. The lowest BCUT2D eigenvalue weighted by Crippen LogP contribution is -1.88.